The summed E-state index contributed by atoms with van der Waals surface area (Å²) in [6.45, 7) is 0.901. The van der Waals surface area contributed by atoms with Crippen molar-refractivity contribution >= 4 is 17.4 Å². The van der Waals surface area contributed by atoms with Crippen molar-refractivity contribution in [3.63, 3.8) is 0 Å². The highest BCUT2D eigenvalue weighted by Crippen LogP contribution is 2.30. The van der Waals surface area contributed by atoms with Crippen LogP contribution in [0, 0.1) is 5.92 Å². The summed E-state index contributed by atoms with van der Waals surface area (Å²) in [5, 5.41) is 21.2. The summed E-state index contributed by atoms with van der Waals surface area (Å²) in [5.74, 6) is -0.0211. The number of rotatable bonds is 2. The molecule has 1 aliphatic rings. The van der Waals surface area contributed by atoms with E-state index in [-0.39, 0.29) is 5.92 Å². The van der Waals surface area contributed by atoms with E-state index in [1.165, 1.54) is 16.2 Å². The predicted octanol–water partition coefficient (Wildman–Crippen LogP) is 1.18. The van der Waals surface area contributed by atoms with Crippen LogP contribution in [0.3, 0.4) is 0 Å². The Bertz CT molecular complexity index is 341. The Morgan fingerprint density at radius 1 is 1.73 bits per heavy atom. The molecule has 0 radical (unpaired) electrons. The third-order valence-corrected chi connectivity index (χ3v) is 3.49. The summed E-state index contributed by atoms with van der Waals surface area (Å²) in [5.41, 5.74) is 0. The summed E-state index contributed by atoms with van der Waals surface area (Å²) in [7, 11) is 0. The largest absolute Gasteiger partial charge is 0.465 e. The number of likely N-dealkylation sites (tertiary alicyclic amines) is 1. The standard InChI is InChI=1S/C9H12N2O3S/c12-7(8-10-2-4-15-8)6-1-3-11(5-6)9(13)14/h2,4,6-7,12H,1,3,5H2,(H,13,14). The molecule has 1 aliphatic heterocycles. The third-order valence-electron chi connectivity index (χ3n) is 2.65. The molecule has 5 nitrogen and oxygen atoms in total. The van der Waals surface area contributed by atoms with E-state index in [0.717, 1.165) is 0 Å². The second-order valence-electron chi connectivity index (χ2n) is 3.59. The Kier molecular flexibility index (Phi) is 2.88. The number of carboxylic acid groups (broad SMARTS) is 1. The van der Waals surface area contributed by atoms with E-state index in [2.05, 4.69) is 4.98 Å². The van der Waals surface area contributed by atoms with Crippen LogP contribution in [-0.2, 0) is 0 Å². The fourth-order valence-corrected chi connectivity index (χ4v) is 2.52. The fraction of sp³-hybridized carbons (Fsp3) is 0.556. The Balaban J connectivity index is 1.99. The molecule has 2 rings (SSSR count). The van der Waals surface area contributed by atoms with Crippen LogP contribution in [0.2, 0.25) is 0 Å². The molecule has 2 unspecified atom stereocenters. The monoisotopic (exact) mass is 228 g/mol. The molecule has 6 heteroatoms. The maximum Gasteiger partial charge on any atom is 0.407 e. The molecule has 82 valence electrons. The van der Waals surface area contributed by atoms with Crippen LogP contribution in [0.4, 0.5) is 4.79 Å². The Hall–Kier alpha value is -1.14. The van der Waals surface area contributed by atoms with Crippen LogP contribution in [0.25, 0.3) is 0 Å². The van der Waals surface area contributed by atoms with E-state index < -0.39 is 12.2 Å². The summed E-state index contributed by atoms with van der Waals surface area (Å²) in [4.78, 5) is 16.1. The zero-order chi connectivity index (χ0) is 10.8. The molecule has 1 amide bonds. The molecule has 2 heterocycles. The second kappa shape index (κ2) is 4.16. The van der Waals surface area contributed by atoms with Crippen molar-refractivity contribution in [3.05, 3.63) is 16.6 Å². The van der Waals surface area contributed by atoms with Gasteiger partial charge in [0.25, 0.3) is 0 Å². The zero-order valence-corrected chi connectivity index (χ0v) is 8.85. The van der Waals surface area contributed by atoms with Gasteiger partial charge in [-0.3, -0.25) is 0 Å². The lowest BCUT2D eigenvalue weighted by Crippen LogP contribution is -2.27. The molecule has 0 saturated carbocycles. The van der Waals surface area contributed by atoms with Crippen molar-refractivity contribution in [2.24, 2.45) is 5.92 Å². The Morgan fingerprint density at radius 3 is 3.07 bits per heavy atom. The molecule has 15 heavy (non-hydrogen) atoms. The van der Waals surface area contributed by atoms with Gasteiger partial charge >= 0.3 is 6.09 Å². The molecule has 0 aromatic carbocycles. The van der Waals surface area contributed by atoms with Crippen LogP contribution in [-0.4, -0.2) is 39.3 Å². The van der Waals surface area contributed by atoms with Gasteiger partial charge in [0.05, 0.1) is 0 Å². The van der Waals surface area contributed by atoms with Crippen LogP contribution in [0.5, 0.6) is 0 Å². The van der Waals surface area contributed by atoms with Crippen molar-refractivity contribution in [2.75, 3.05) is 13.1 Å². The molecule has 1 aromatic heterocycles. The second-order valence-corrected chi connectivity index (χ2v) is 4.52. The van der Waals surface area contributed by atoms with Crippen molar-refractivity contribution in [2.45, 2.75) is 12.5 Å². The third kappa shape index (κ3) is 2.10. The number of hydrogen-bond donors (Lipinski definition) is 2. The molecule has 0 aliphatic carbocycles. The molecule has 0 spiro atoms. The lowest BCUT2D eigenvalue weighted by atomic mass is 10.0. The number of amides is 1. The predicted molar refractivity (Wildman–Crippen MR) is 54.8 cm³/mol. The molecule has 2 N–H and O–H groups in total. The number of thiazole rings is 1. The van der Waals surface area contributed by atoms with Gasteiger partial charge < -0.3 is 15.1 Å². The lowest BCUT2D eigenvalue weighted by molar-refractivity contribution is 0.107. The summed E-state index contributed by atoms with van der Waals surface area (Å²) in [6.07, 6.45) is 0.804. The average molecular weight is 228 g/mol. The first kappa shape index (κ1) is 10.4. The lowest BCUT2D eigenvalue weighted by Gasteiger charge is -2.16. The van der Waals surface area contributed by atoms with Gasteiger partial charge in [-0.25, -0.2) is 9.78 Å². The summed E-state index contributed by atoms with van der Waals surface area (Å²) >= 11 is 1.40. The van der Waals surface area contributed by atoms with Crippen LogP contribution < -0.4 is 0 Å². The molecule has 1 saturated heterocycles. The van der Waals surface area contributed by atoms with E-state index in [1.54, 1.807) is 6.20 Å². The first-order valence-corrected chi connectivity index (χ1v) is 5.62. The topological polar surface area (TPSA) is 73.7 Å². The van der Waals surface area contributed by atoms with Crippen molar-refractivity contribution in [1.82, 2.24) is 9.88 Å². The maximum absolute atomic E-state index is 10.7. The van der Waals surface area contributed by atoms with Gasteiger partial charge in [0.1, 0.15) is 11.1 Å². The fourth-order valence-electron chi connectivity index (χ4n) is 1.80. The van der Waals surface area contributed by atoms with Crippen LogP contribution >= 0.6 is 11.3 Å². The molecular formula is C9H12N2O3S. The van der Waals surface area contributed by atoms with Gasteiger partial charge in [0.2, 0.25) is 0 Å². The van der Waals surface area contributed by atoms with E-state index in [4.69, 9.17) is 5.11 Å². The molecule has 1 aromatic rings. The molecule has 1 fully saturated rings. The van der Waals surface area contributed by atoms with Crippen LogP contribution in [0.15, 0.2) is 11.6 Å². The van der Waals surface area contributed by atoms with Crippen molar-refractivity contribution in [1.29, 1.82) is 0 Å². The molecular weight excluding hydrogens is 216 g/mol. The smallest absolute Gasteiger partial charge is 0.407 e. The normalized spacial score (nSPS) is 23.0. The Labute approximate surface area is 91.0 Å². The number of aliphatic hydroxyl groups excluding tert-OH is 1. The first-order chi connectivity index (χ1) is 7.18. The van der Waals surface area contributed by atoms with Crippen molar-refractivity contribution < 1.29 is 15.0 Å². The molecule has 2 atom stereocenters. The quantitative estimate of drug-likeness (QED) is 0.797. The Morgan fingerprint density at radius 2 is 2.53 bits per heavy atom. The van der Waals surface area contributed by atoms with Gasteiger partial charge in [-0.2, -0.15) is 0 Å². The van der Waals surface area contributed by atoms with Crippen molar-refractivity contribution in [3.8, 4) is 0 Å². The number of carbonyl (C=O) groups is 1. The van der Waals surface area contributed by atoms with Gasteiger partial charge in [-0.05, 0) is 6.42 Å². The van der Waals surface area contributed by atoms with E-state index >= 15 is 0 Å². The van der Waals surface area contributed by atoms with Gasteiger partial charge in [-0.15, -0.1) is 11.3 Å². The summed E-state index contributed by atoms with van der Waals surface area (Å²) in [6, 6.07) is 0. The zero-order valence-electron chi connectivity index (χ0n) is 8.04. The van der Waals surface area contributed by atoms with E-state index in [0.29, 0.717) is 24.5 Å². The highest BCUT2D eigenvalue weighted by Gasteiger charge is 2.32. The van der Waals surface area contributed by atoms with E-state index in [1.807, 2.05) is 5.38 Å². The first-order valence-electron chi connectivity index (χ1n) is 4.74. The summed E-state index contributed by atoms with van der Waals surface area (Å²) < 4.78 is 0. The minimum Gasteiger partial charge on any atom is -0.465 e. The van der Waals surface area contributed by atoms with Gasteiger partial charge in [-0.1, -0.05) is 0 Å². The highest BCUT2D eigenvalue weighted by atomic mass is 32.1. The molecule has 0 bridgehead atoms. The number of nitrogens with zero attached hydrogens (tertiary/aromatic N) is 2. The maximum atomic E-state index is 10.7. The average Bonchev–Trinajstić information content (AvgIpc) is 2.88. The SMILES string of the molecule is O=C(O)N1CCC(C(O)c2nccs2)C1. The number of aliphatic hydroxyl groups is 1. The number of aromatic nitrogens is 1. The van der Waals surface area contributed by atoms with E-state index in [9.17, 15) is 9.90 Å². The minimum atomic E-state index is -0.913. The van der Waals surface area contributed by atoms with Crippen LogP contribution in [0.1, 0.15) is 17.5 Å². The van der Waals surface area contributed by atoms with Gasteiger partial charge in [0, 0.05) is 30.6 Å². The minimum absolute atomic E-state index is 0.0211. The van der Waals surface area contributed by atoms with Gasteiger partial charge in [0.15, 0.2) is 0 Å². The number of hydrogen-bond acceptors (Lipinski definition) is 4. The highest BCUT2D eigenvalue weighted by molar-refractivity contribution is 7.09.